The van der Waals surface area contributed by atoms with E-state index in [2.05, 4.69) is 0 Å². The lowest BCUT2D eigenvalue weighted by molar-refractivity contribution is -0.0432. The van der Waals surface area contributed by atoms with E-state index in [1.54, 1.807) is 36.4 Å². The molecule has 0 aliphatic heterocycles. The summed E-state index contributed by atoms with van der Waals surface area (Å²) < 4.78 is 30.1. The van der Waals surface area contributed by atoms with Crippen LogP contribution in [0.1, 0.15) is 17.4 Å². The number of fused-ring (bicyclic) bond motifs is 1. The minimum absolute atomic E-state index is 0.000335. The third-order valence-corrected chi connectivity index (χ3v) is 4.91. The third kappa shape index (κ3) is 3.26. The van der Waals surface area contributed by atoms with E-state index in [0.717, 1.165) is 16.3 Å². The van der Waals surface area contributed by atoms with Crippen molar-refractivity contribution in [3.8, 4) is 5.75 Å². The molecule has 0 heterocycles. The van der Waals surface area contributed by atoms with Crippen molar-refractivity contribution in [2.75, 3.05) is 0 Å². The van der Waals surface area contributed by atoms with Gasteiger partial charge in [0.05, 0.1) is 5.56 Å². The van der Waals surface area contributed by atoms with Crippen molar-refractivity contribution in [2.24, 2.45) is 0 Å². The summed E-state index contributed by atoms with van der Waals surface area (Å²) in [6, 6.07) is 16.4. The van der Waals surface area contributed by atoms with E-state index in [1.165, 1.54) is 24.3 Å². The second-order valence-corrected chi connectivity index (χ2v) is 7.01. The zero-order chi connectivity index (χ0) is 17.3. The summed E-state index contributed by atoms with van der Waals surface area (Å²) in [6.07, 6.45) is -1.85. The molecule has 2 N–H and O–H groups in total. The molecule has 0 saturated carbocycles. The van der Waals surface area contributed by atoms with Gasteiger partial charge in [0, 0.05) is 0 Å². The molecule has 0 aliphatic carbocycles. The lowest BCUT2D eigenvalue weighted by atomic mass is 10.1. The maximum atomic E-state index is 12.4. The number of aliphatic hydroxyl groups excluding tert-OH is 1. The molecular formula is C18H16O5S. The standard InChI is InChI=1S/C18H16O5S/c1-12-6-8-15(9-7-12)24(21,22)23-17-11-14-5-3-2-4-13(14)10-16(17)18(19)20/h2-11,18-20H,1H3. The Labute approximate surface area is 139 Å². The normalized spacial score (nSPS) is 11.8. The van der Waals surface area contributed by atoms with Gasteiger partial charge in [-0.05, 0) is 42.0 Å². The van der Waals surface area contributed by atoms with Crippen LogP contribution in [0.25, 0.3) is 10.8 Å². The monoisotopic (exact) mass is 344 g/mol. The Kier molecular flexibility index (Phi) is 4.28. The van der Waals surface area contributed by atoms with Gasteiger partial charge in [-0.1, -0.05) is 42.0 Å². The molecule has 0 amide bonds. The van der Waals surface area contributed by atoms with Crippen molar-refractivity contribution in [1.82, 2.24) is 0 Å². The van der Waals surface area contributed by atoms with Crippen molar-refractivity contribution in [3.63, 3.8) is 0 Å². The van der Waals surface area contributed by atoms with Gasteiger partial charge in [-0.15, -0.1) is 0 Å². The average Bonchev–Trinajstić information content (AvgIpc) is 2.54. The van der Waals surface area contributed by atoms with Gasteiger partial charge in [-0.3, -0.25) is 0 Å². The molecule has 0 spiro atoms. The molecule has 0 aliphatic rings. The summed E-state index contributed by atoms with van der Waals surface area (Å²) in [4.78, 5) is -0.000335. The zero-order valence-electron chi connectivity index (χ0n) is 12.9. The van der Waals surface area contributed by atoms with Crippen LogP contribution in [0.15, 0.2) is 65.6 Å². The lowest BCUT2D eigenvalue weighted by Gasteiger charge is -2.14. The Hall–Kier alpha value is -2.41. The number of aryl methyl sites for hydroxylation is 1. The molecule has 0 radical (unpaired) electrons. The highest BCUT2D eigenvalue weighted by molar-refractivity contribution is 7.87. The lowest BCUT2D eigenvalue weighted by Crippen LogP contribution is -2.12. The molecule has 0 unspecified atom stereocenters. The molecule has 5 nitrogen and oxygen atoms in total. The zero-order valence-corrected chi connectivity index (χ0v) is 13.7. The highest BCUT2D eigenvalue weighted by Gasteiger charge is 2.21. The van der Waals surface area contributed by atoms with Crippen molar-refractivity contribution < 1.29 is 22.8 Å². The van der Waals surface area contributed by atoms with Gasteiger partial charge >= 0.3 is 10.1 Å². The van der Waals surface area contributed by atoms with Crippen LogP contribution < -0.4 is 4.18 Å². The fraction of sp³-hybridized carbons (Fsp3) is 0.111. The predicted octanol–water partition coefficient (Wildman–Crippen LogP) is 2.90. The van der Waals surface area contributed by atoms with Gasteiger partial charge in [-0.2, -0.15) is 8.42 Å². The Morgan fingerprint density at radius 3 is 2.08 bits per heavy atom. The van der Waals surface area contributed by atoms with Crippen molar-refractivity contribution in [2.45, 2.75) is 18.1 Å². The molecule has 3 rings (SSSR count). The molecule has 6 heteroatoms. The summed E-state index contributed by atoms with van der Waals surface area (Å²) in [5.74, 6) is -0.107. The topological polar surface area (TPSA) is 83.8 Å². The van der Waals surface area contributed by atoms with E-state index in [0.29, 0.717) is 0 Å². The van der Waals surface area contributed by atoms with Crippen LogP contribution in [0, 0.1) is 6.92 Å². The first-order valence-electron chi connectivity index (χ1n) is 7.27. The van der Waals surface area contributed by atoms with Gasteiger partial charge in [0.2, 0.25) is 0 Å². The predicted molar refractivity (Wildman–Crippen MR) is 90.1 cm³/mol. The van der Waals surface area contributed by atoms with Gasteiger partial charge in [-0.25, -0.2) is 0 Å². The summed E-state index contributed by atoms with van der Waals surface area (Å²) in [5.41, 5.74) is 0.913. The molecule has 0 atom stereocenters. The quantitative estimate of drug-likeness (QED) is 0.562. The van der Waals surface area contributed by atoms with E-state index in [1.807, 2.05) is 6.92 Å². The van der Waals surface area contributed by atoms with Gasteiger partial charge < -0.3 is 14.4 Å². The van der Waals surface area contributed by atoms with Crippen LogP contribution in [-0.2, 0) is 10.1 Å². The first-order valence-corrected chi connectivity index (χ1v) is 8.67. The molecule has 0 fully saturated rings. The summed E-state index contributed by atoms with van der Waals surface area (Å²) in [6.45, 7) is 1.85. The molecule has 3 aromatic carbocycles. The number of rotatable bonds is 4. The van der Waals surface area contributed by atoms with Crippen LogP contribution in [0.4, 0.5) is 0 Å². The fourth-order valence-electron chi connectivity index (χ4n) is 2.38. The fourth-order valence-corrected chi connectivity index (χ4v) is 3.33. The Balaban J connectivity index is 2.08. The maximum absolute atomic E-state index is 12.4. The molecule has 0 bridgehead atoms. The van der Waals surface area contributed by atoms with Crippen molar-refractivity contribution in [3.05, 3.63) is 71.8 Å². The van der Waals surface area contributed by atoms with Crippen LogP contribution in [0.2, 0.25) is 0 Å². The van der Waals surface area contributed by atoms with E-state index in [9.17, 15) is 18.6 Å². The van der Waals surface area contributed by atoms with E-state index in [4.69, 9.17) is 4.18 Å². The average molecular weight is 344 g/mol. The van der Waals surface area contributed by atoms with Gasteiger partial charge in [0.15, 0.2) is 12.0 Å². The number of aliphatic hydroxyl groups is 2. The molecule has 0 aromatic heterocycles. The summed E-state index contributed by atoms with van der Waals surface area (Å²) >= 11 is 0. The Morgan fingerprint density at radius 1 is 0.917 bits per heavy atom. The Bertz CT molecular complexity index is 976. The smallest absolute Gasteiger partial charge is 0.339 e. The SMILES string of the molecule is Cc1ccc(S(=O)(=O)Oc2cc3ccccc3cc2C(O)O)cc1. The van der Waals surface area contributed by atoms with Crippen molar-refractivity contribution >= 4 is 20.9 Å². The second kappa shape index (κ2) is 6.24. The Morgan fingerprint density at radius 2 is 1.50 bits per heavy atom. The molecule has 0 saturated heterocycles. The van der Waals surface area contributed by atoms with Crippen molar-refractivity contribution in [1.29, 1.82) is 0 Å². The molecule has 3 aromatic rings. The first-order chi connectivity index (χ1) is 11.4. The van der Waals surface area contributed by atoms with Crippen LogP contribution in [-0.4, -0.2) is 18.6 Å². The van der Waals surface area contributed by atoms with E-state index in [-0.39, 0.29) is 16.2 Å². The minimum Gasteiger partial charge on any atom is -0.378 e. The third-order valence-electron chi connectivity index (χ3n) is 3.67. The highest BCUT2D eigenvalue weighted by atomic mass is 32.2. The second-order valence-electron chi connectivity index (χ2n) is 5.46. The summed E-state index contributed by atoms with van der Waals surface area (Å²) in [5, 5.41) is 20.6. The molecule has 24 heavy (non-hydrogen) atoms. The minimum atomic E-state index is -4.08. The highest BCUT2D eigenvalue weighted by Crippen LogP contribution is 2.32. The largest absolute Gasteiger partial charge is 0.378 e. The van der Waals surface area contributed by atoms with Gasteiger partial charge in [0.25, 0.3) is 0 Å². The van der Waals surface area contributed by atoms with Crippen LogP contribution >= 0.6 is 0 Å². The number of hydrogen-bond acceptors (Lipinski definition) is 5. The number of hydrogen-bond donors (Lipinski definition) is 2. The van der Waals surface area contributed by atoms with E-state index >= 15 is 0 Å². The first kappa shape index (κ1) is 16.4. The summed E-state index contributed by atoms with van der Waals surface area (Å²) in [7, 11) is -4.08. The van der Waals surface area contributed by atoms with Gasteiger partial charge in [0.1, 0.15) is 4.90 Å². The maximum Gasteiger partial charge on any atom is 0.339 e. The molecule has 124 valence electrons. The van der Waals surface area contributed by atoms with Crippen LogP contribution in [0.5, 0.6) is 5.75 Å². The molecular weight excluding hydrogens is 328 g/mol. The van der Waals surface area contributed by atoms with E-state index < -0.39 is 16.4 Å². The van der Waals surface area contributed by atoms with Crippen LogP contribution in [0.3, 0.4) is 0 Å². The number of benzene rings is 3.